The number of ketones is 1. The molecule has 0 heterocycles. The molecule has 162 valence electrons. The Morgan fingerprint density at radius 1 is 1.00 bits per heavy atom. The summed E-state index contributed by atoms with van der Waals surface area (Å²) in [5.74, 6) is 0.941. The molecule has 1 N–H and O–H groups in total. The lowest BCUT2D eigenvalue weighted by atomic mass is 9.99. The number of methoxy groups -OCH3 is 1. The van der Waals surface area contributed by atoms with Gasteiger partial charge in [0.2, 0.25) is 0 Å². The molecule has 0 saturated heterocycles. The lowest BCUT2D eigenvalue weighted by Crippen LogP contribution is -2.33. The number of Topliss-reactive ketones (excluding diaryl/α,β-unsaturated/α-hetero) is 1. The Morgan fingerprint density at radius 3 is 2.42 bits per heavy atom. The molecule has 0 bridgehead atoms. The van der Waals surface area contributed by atoms with E-state index in [1.807, 2.05) is 37.4 Å². The molecule has 5 heteroatoms. The second-order valence-corrected chi connectivity index (χ2v) is 7.61. The van der Waals surface area contributed by atoms with Crippen molar-refractivity contribution in [2.45, 2.75) is 19.6 Å². The van der Waals surface area contributed by atoms with E-state index in [2.05, 4.69) is 29.2 Å². The van der Waals surface area contributed by atoms with Crippen molar-refractivity contribution in [2.24, 2.45) is 0 Å². The Labute approximate surface area is 183 Å². The third-order valence-corrected chi connectivity index (χ3v) is 5.07. The molecule has 0 aromatic heterocycles. The van der Waals surface area contributed by atoms with Crippen molar-refractivity contribution in [3.63, 3.8) is 0 Å². The van der Waals surface area contributed by atoms with Crippen molar-refractivity contribution in [1.82, 2.24) is 4.90 Å². The molecule has 5 nitrogen and oxygen atoms in total. The van der Waals surface area contributed by atoms with Gasteiger partial charge in [0.15, 0.2) is 17.3 Å². The summed E-state index contributed by atoms with van der Waals surface area (Å²) in [6.45, 7) is 2.79. The van der Waals surface area contributed by atoms with Gasteiger partial charge in [0.1, 0.15) is 12.7 Å². The van der Waals surface area contributed by atoms with Gasteiger partial charge in [-0.25, -0.2) is 0 Å². The highest BCUT2D eigenvalue weighted by atomic mass is 16.5. The third-order valence-electron chi connectivity index (χ3n) is 5.07. The van der Waals surface area contributed by atoms with E-state index >= 15 is 0 Å². The number of hydrogen-bond acceptors (Lipinski definition) is 5. The molecule has 0 amide bonds. The van der Waals surface area contributed by atoms with Crippen molar-refractivity contribution in [3.8, 4) is 22.6 Å². The van der Waals surface area contributed by atoms with Gasteiger partial charge in [-0.2, -0.15) is 0 Å². The number of nitrogens with zero attached hydrogens (tertiary/aromatic N) is 1. The van der Waals surface area contributed by atoms with Crippen LogP contribution in [0.25, 0.3) is 11.1 Å². The first-order chi connectivity index (χ1) is 15.0. The molecule has 0 saturated carbocycles. The zero-order chi connectivity index (χ0) is 22.2. The monoisotopic (exact) mass is 419 g/mol. The SMILES string of the molecule is COc1cc(C(C)=O)ccc1OCC(O)CN(C)Cc1ccccc1-c1ccccc1. The van der Waals surface area contributed by atoms with E-state index in [0.29, 0.717) is 30.2 Å². The predicted octanol–water partition coefficient (Wildman–Crippen LogP) is 4.44. The third kappa shape index (κ3) is 6.17. The standard InChI is InChI=1S/C26H29NO4/c1-19(28)21-13-14-25(26(15-21)30-3)31-18-23(29)17-27(2)16-22-11-7-8-12-24(22)20-9-5-4-6-10-20/h4-15,23,29H,16-18H2,1-3H3. The van der Waals surface area contributed by atoms with Crippen LogP contribution in [0.15, 0.2) is 72.8 Å². The van der Waals surface area contributed by atoms with E-state index in [9.17, 15) is 9.90 Å². The fourth-order valence-corrected chi connectivity index (χ4v) is 3.52. The number of carbonyl (C=O) groups is 1. The molecule has 31 heavy (non-hydrogen) atoms. The minimum atomic E-state index is -0.675. The molecule has 0 aliphatic heterocycles. The van der Waals surface area contributed by atoms with Crippen LogP contribution in [0.4, 0.5) is 0 Å². The van der Waals surface area contributed by atoms with E-state index in [1.165, 1.54) is 30.7 Å². The van der Waals surface area contributed by atoms with Crippen LogP contribution >= 0.6 is 0 Å². The van der Waals surface area contributed by atoms with Crippen molar-refractivity contribution in [1.29, 1.82) is 0 Å². The molecule has 1 atom stereocenters. The van der Waals surface area contributed by atoms with E-state index in [0.717, 1.165) is 0 Å². The zero-order valence-corrected chi connectivity index (χ0v) is 18.2. The number of carbonyl (C=O) groups excluding carboxylic acids is 1. The average molecular weight is 420 g/mol. The van der Waals surface area contributed by atoms with Crippen molar-refractivity contribution >= 4 is 5.78 Å². The van der Waals surface area contributed by atoms with Gasteiger partial charge in [0.25, 0.3) is 0 Å². The minimum absolute atomic E-state index is 0.0395. The molecule has 0 aliphatic rings. The van der Waals surface area contributed by atoms with Gasteiger partial charge in [0, 0.05) is 18.7 Å². The molecule has 0 spiro atoms. The zero-order valence-electron chi connectivity index (χ0n) is 18.2. The van der Waals surface area contributed by atoms with Crippen LogP contribution in [-0.4, -0.2) is 49.2 Å². The molecule has 1 unspecified atom stereocenters. The van der Waals surface area contributed by atoms with Crippen LogP contribution in [-0.2, 0) is 6.54 Å². The fraction of sp³-hybridized carbons (Fsp3) is 0.269. The number of likely N-dealkylation sites (N-methyl/N-ethyl adjacent to an activating group) is 1. The number of hydrogen-bond donors (Lipinski definition) is 1. The maximum atomic E-state index is 11.5. The summed E-state index contributed by atoms with van der Waals surface area (Å²) in [4.78, 5) is 13.6. The van der Waals surface area contributed by atoms with Crippen LogP contribution in [0.3, 0.4) is 0 Å². The second-order valence-electron chi connectivity index (χ2n) is 7.61. The fourth-order valence-electron chi connectivity index (χ4n) is 3.52. The van der Waals surface area contributed by atoms with E-state index in [-0.39, 0.29) is 12.4 Å². The van der Waals surface area contributed by atoms with E-state index in [4.69, 9.17) is 9.47 Å². The van der Waals surface area contributed by atoms with E-state index < -0.39 is 6.10 Å². The quantitative estimate of drug-likeness (QED) is 0.493. The summed E-state index contributed by atoms with van der Waals surface area (Å²) in [6, 6.07) is 23.6. The summed E-state index contributed by atoms with van der Waals surface area (Å²) < 4.78 is 11.1. The number of ether oxygens (including phenoxy) is 2. The molecule has 3 aromatic carbocycles. The van der Waals surface area contributed by atoms with Gasteiger partial charge >= 0.3 is 0 Å². The molecule has 3 rings (SSSR count). The van der Waals surface area contributed by atoms with Crippen LogP contribution in [0.2, 0.25) is 0 Å². The van der Waals surface area contributed by atoms with Gasteiger partial charge in [-0.3, -0.25) is 9.69 Å². The van der Waals surface area contributed by atoms with Crippen LogP contribution in [0.1, 0.15) is 22.8 Å². The van der Waals surface area contributed by atoms with Crippen LogP contribution in [0.5, 0.6) is 11.5 Å². The molecular formula is C26H29NO4. The summed E-state index contributed by atoms with van der Waals surface area (Å²) in [7, 11) is 3.51. The normalized spacial score (nSPS) is 11.9. The molecule has 3 aromatic rings. The minimum Gasteiger partial charge on any atom is -0.493 e. The maximum absolute atomic E-state index is 11.5. The van der Waals surface area contributed by atoms with Gasteiger partial charge < -0.3 is 14.6 Å². The summed E-state index contributed by atoms with van der Waals surface area (Å²) in [5.41, 5.74) is 4.12. The number of aliphatic hydroxyl groups excluding tert-OH is 1. The highest BCUT2D eigenvalue weighted by Gasteiger charge is 2.14. The van der Waals surface area contributed by atoms with Gasteiger partial charge in [-0.15, -0.1) is 0 Å². The maximum Gasteiger partial charge on any atom is 0.161 e. The highest BCUT2D eigenvalue weighted by Crippen LogP contribution is 2.28. The largest absolute Gasteiger partial charge is 0.493 e. The number of benzene rings is 3. The predicted molar refractivity (Wildman–Crippen MR) is 123 cm³/mol. The van der Waals surface area contributed by atoms with Crippen molar-refractivity contribution < 1.29 is 19.4 Å². The first kappa shape index (κ1) is 22.5. The Kier molecular flexibility index (Phi) is 7.82. The molecule has 0 radical (unpaired) electrons. The van der Waals surface area contributed by atoms with Gasteiger partial charge in [0.05, 0.1) is 7.11 Å². The van der Waals surface area contributed by atoms with Crippen LogP contribution in [0, 0.1) is 0 Å². The first-order valence-electron chi connectivity index (χ1n) is 10.3. The van der Waals surface area contributed by atoms with Crippen molar-refractivity contribution in [3.05, 3.63) is 83.9 Å². The topological polar surface area (TPSA) is 59.0 Å². The first-order valence-corrected chi connectivity index (χ1v) is 10.3. The summed E-state index contributed by atoms with van der Waals surface area (Å²) in [5, 5.41) is 10.5. The molecule has 0 aliphatic carbocycles. The molecular weight excluding hydrogens is 390 g/mol. The Balaban J connectivity index is 1.59. The smallest absolute Gasteiger partial charge is 0.161 e. The summed E-state index contributed by atoms with van der Waals surface area (Å²) >= 11 is 0. The lowest BCUT2D eigenvalue weighted by molar-refractivity contribution is 0.0733. The Morgan fingerprint density at radius 2 is 1.71 bits per heavy atom. The average Bonchev–Trinajstić information content (AvgIpc) is 2.78. The summed E-state index contributed by atoms with van der Waals surface area (Å²) in [6.07, 6.45) is -0.675. The second kappa shape index (κ2) is 10.8. The van der Waals surface area contributed by atoms with Gasteiger partial charge in [-0.1, -0.05) is 54.6 Å². The van der Waals surface area contributed by atoms with Crippen molar-refractivity contribution in [2.75, 3.05) is 27.3 Å². The van der Waals surface area contributed by atoms with Crippen LogP contribution < -0.4 is 9.47 Å². The van der Waals surface area contributed by atoms with E-state index in [1.54, 1.807) is 18.2 Å². The number of rotatable bonds is 10. The Bertz CT molecular complexity index is 1000. The highest BCUT2D eigenvalue weighted by molar-refractivity contribution is 5.94. The van der Waals surface area contributed by atoms with Gasteiger partial charge in [-0.05, 0) is 48.9 Å². The lowest BCUT2D eigenvalue weighted by Gasteiger charge is -2.22. The number of aliphatic hydroxyl groups is 1. The Hall–Kier alpha value is -3.15. The molecule has 0 fully saturated rings.